The van der Waals surface area contributed by atoms with E-state index in [0.717, 1.165) is 17.7 Å². The molecule has 0 aliphatic heterocycles. The molecule has 0 radical (unpaired) electrons. The third kappa shape index (κ3) is 4.62. The lowest BCUT2D eigenvalue weighted by molar-refractivity contribution is 0.0522. The highest BCUT2D eigenvalue weighted by atomic mass is 35.5. The van der Waals surface area contributed by atoms with Crippen LogP contribution in [0.25, 0.3) is 0 Å². The van der Waals surface area contributed by atoms with E-state index in [1.54, 1.807) is 6.20 Å². The molecule has 1 amide bonds. The molecule has 2 saturated carbocycles. The Labute approximate surface area is 142 Å². The molecular weight excluding hydrogens is 312 g/mol. The summed E-state index contributed by atoms with van der Waals surface area (Å²) < 4.78 is 5.26. The summed E-state index contributed by atoms with van der Waals surface area (Å²) in [6.07, 6.45) is 4.60. The van der Waals surface area contributed by atoms with Gasteiger partial charge in [-0.2, -0.15) is 0 Å². The minimum absolute atomic E-state index is 0.0400. The topological polar surface area (TPSA) is 51.2 Å². The zero-order valence-corrected chi connectivity index (χ0v) is 14.4. The molecule has 2 aliphatic rings. The Morgan fingerprint density at radius 2 is 2.17 bits per heavy atom. The molecule has 0 saturated heterocycles. The van der Waals surface area contributed by atoms with Crippen LogP contribution in [-0.2, 0) is 4.74 Å². The largest absolute Gasteiger partial charge is 0.444 e. The molecule has 0 aromatic carbocycles. The third-order valence-corrected chi connectivity index (χ3v) is 4.01. The van der Waals surface area contributed by atoms with E-state index >= 15 is 0 Å². The molecule has 1 aromatic rings. The number of nitrogens with zero attached hydrogens (tertiary/aromatic N) is 1. The monoisotopic (exact) mass is 332 g/mol. The predicted molar refractivity (Wildman–Crippen MR) is 89.4 cm³/mol. The summed E-state index contributed by atoms with van der Waals surface area (Å²) in [5, 5.41) is 3.48. The Morgan fingerprint density at radius 3 is 2.78 bits per heavy atom. The second-order valence-electron chi connectivity index (χ2n) is 7.23. The van der Waals surface area contributed by atoms with Crippen molar-refractivity contribution in [3.8, 4) is 11.8 Å². The SMILES string of the molecule is CC(C)(C)OC(=O)NC1CC1c1ncc(C#CC2CC2)cc1Cl. The van der Waals surface area contributed by atoms with Gasteiger partial charge in [0.1, 0.15) is 5.60 Å². The summed E-state index contributed by atoms with van der Waals surface area (Å²) in [6, 6.07) is 1.90. The number of hydrogen-bond acceptors (Lipinski definition) is 3. The smallest absolute Gasteiger partial charge is 0.407 e. The van der Waals surface area contributed by atoms with Crippen LogP contribution in [0.2, 0.25) is 5.02 Å². The number of amides is 1. The van der Waals surface area contributed by atoms with Gasteiger partial charge in [0, 0.05) is 29.6 Å². The number of alkyl carbamates (subject to hydrolysis) is 1. The molecule has 2 fully saturated rings. The number of pyridine rings is 1. The van der Waals surface area contributed by atoms with E-state index in [-0.39, 0.29) is 12.0 Å². The lowest BCUT2D eigenvalue weighted by atomic mass is 10.2. The number of halogens is 1. The zero-order chi connectivity index (χ0) is 16.6. The van der Waals surface area contributed by atoms with Gasteiger partial charge in [0.05, 0.1) is 10.7 Å². The minimum Gasteiger partial charge on any atom is -0.444 e. The van der Waals surface area contributed by atoms with E-state index in [4.69, 9.17) is 16.3 Å². The molecule has 2 aliphatic carbocycles. The van der Waals surface area contributed by atoms with Crippen LogP contribution in [0.1, 0.15) is 57.2 Å². The van der Waals surface area contributed by atoms with Crippen molar-refractivity contribution in [3.63, 3.8) is 0 Å². The Balaban J connectivity index is 1.58. The van der Waals surface area contributed by atoms with Crippen LogP contribution in [-0.4, -0.2) is 22.7 Å². The van der Waals surface area contributed by atoms with Gasteiger partial charge in [0.25, 0.3) is 0 Å². The summed E-state index contributed by atoms with van der Waals surface area (Å²) in [4.78, 5) is 16.2. The summed E-state index contributed by atoms with van der Waals surface area (Å²) in [7, 11) is 0. The normalized spacial score (nSPS) is 22.8. The molecule has 0 spiro atoms. The van der Waals surface area contributed by atoms with Crippen LogP contribution >= 0.6 is 11.6 Å². The highest BCUT2D eigenvalue weighted by Crippen LogP contribution is 2.42. The van der Waals surface area contributed by atoms with Gasteiger partial charge >= 0.3 is 6.09 Å². The second-order valence-corrected chi connectivity index (χ2v) is 7.64. The summed E-state index contributed by atoms with van der Waals surface area (Å²) >= 11 is 6.33. The number of carbonyl (C=O) groups is 1. The van der Waals surface area contributed by atoms with Crippen molar-refractivity contribution in [1.82, 2.24) is 10.3 Å². The van der Waals surface area contributed by atoms with Gasteiger partial charge in [-0.3, -0.25) is 4.98 Å². The van der Waals surface area contributed by atoms with Crippen molar-refractivity contribution < 1.29 is 9.53 Å². The maximum Gasteiger partial charge on any atom is 0.407 e. The van der Waals surface area contributed by atoms with Gasteiger partial charge < -0.3 is 10.1 Å². The van der Waals surface area contributed by atoms with Crippen molar-refractivity contribution in [2.45, 2.75) is 57.6 Å². The Morgan fingerprint density at radius 1 is 1.43 bits per heavy atom. The van der Waals surface area contributed by atoms with E-state index < -0.39 is 11.7 Å². The zero-order valence-electron chi connectivity index (χ0n) is 13.6. The highest BCUT2D eigenvalue weighted by Gasteiger charge is 2.42. The molecule has 23 heavy (non-hydrogen) atoms. The lowest BCUT2D eigenvalue weighted by Gasteiger charge is -2.19. The Hall–Kier alpha value is -1.73. The lowest BCUT2D eigenvalue weighted by Crippen LogP contribution is -2.34. The van der Waals surface area contributed by atoms with E-state index in [2.05, 4.69) is 22.1 Å². The highest BCUT2D eigenvalue weighted by molar-refractivity contribution is 6.31. The summed E-state index contributed by atoms with van der Waals surface area (Å²) in [5.74, 6) is 7.02. The fourth-order valence-corrected chi connectivity index (χ4v) is 2.62. The van der Waals surface area contributed by atoms with Crippen molar-refractivity contribution in [2.24, 2.45) is 5.92 Å². The molecule has 1 N–H and O–H groups in total. The maximum absolute atomic E-state index is 11.8. The molecule has 2 unspecified atom stereocenters. The molecule has 1 aromatic heterocycles. The number of carbonyl (C=O) groups excluding carboxylic acids is 1. The Kier molecular flexibility index (Phi) is 4.25. The summed E-state index contributed by atoms with van der Waals surface area (Å²) in [5.41, 5.74) is 1.18. The first-order chi connectivity index (χ1) is 10.8. The van der Waals surface area contributed by atoms with Gasteiger partial charge in [0.15, 0.2) is 0 Å². The van der Waals surface area contributed by atoms with Crippen molar-refractivity contribution >= 4 is 17.7 Å². The summed E-state index contributed by atoms with van der Waals surface area (Å²) in [6.45, 7) is 5.53. The number of ether oxygens (including phenoxy) is 1. The quantitative estimate of drug-likeness (QED) is 0.836. The number of nitrogens with one attached hydrogen (secondary N) is 1. The molecule has 3 rings (SSSR count). The van der Waals surface area contributed by atoms with Crippen LogP contribution in [0.15, 0.2) is 12.3 Å². The molecule has 0 bridgehead atoms. The Bertz CT molecular complexity index is 680. The molecular formula is C18H21ClN2O2. The first-order valence-electron chi connectivity index (χ1n) is 7.98. The number of hydrogen-bond donors (Lipinski definition) is 1. The van der Waals surface area contributed by atoms with E-state index in [0.29, 0.717) is 10.9 Å². The number of aromatic nitrogens is 1. The van der Waals surface area contributed by atoms with Gasteiger partial charge in [-0.15, -0.1) is 0 Å². The fourth-order valence-electron chi connectivity index (χ4n) is 2.32. The molecule has 5 heteroatoms. The predicted octanol–water partition coefficient (Wildman–Crippen LogP) is 3.88. The first kappa shape index (κ1) is 16.1. The number of rotatable bonds is 2. The second kappa shape index (κ2) is 6.05. The van der Waals surface area contributed by atoms with E-state index in [1.807, 2.05) is 26.8 Å². The molecule has 4 nitrogen and oxygen atoms in total. The van der Waals surface area contributed by atoms with Crippen LogP contribution in [0.4, 0.5) is 4.79 Å². The molecule has 1 heterocycles. The molecule has 2 atom stereocenters. The first-order valence-corrected chi connectivity index (χ1v) is 8.36. The maximum atomic E-state index is 11.8. The standard InChI is InChI=1S/C18H21ClN2O2/c1-18(2,3)23-17(22)21-15-9-13(15)16-14(19)8-12(10-20-16)7-6-11-4-5-11/h8,10-11,13,15H,4-5,9H2,1-3H3,(H,21,22). The van der Waals surface area contributed by atoms with Gasteiger partial charge in [-0.1, -0.05) is 23.4 Å². The van der Waals surface area contributed by atoms with E-state index in [9.17, 15) is 4.79 Å². The van der Waals surface area contributed by atoms with Gasteiger partial charge in [-0.05, 0) is 46.1 Å². The van der Waals surface area contributed by atoms with Crippen molar-refractivity contribution in [1.29, 1.82) is 0 Å². The third-order valence-electron chi connectivity index (χ3n) is 3.71. The van der Waals surface area contributed by atoms with Crippen LogP contribution in [0, 0.1) is 17.8 Å². The van der Waals surface area contributed by atoms with Crippen LogP contribution in [0.5, 0.6) is 0 Å². The fraction of sp³-hybridized carbons (Fsp3) is 0.556. The minimum atomic E-state index is -0.494. The average Bonchev–Trinajstić information content (AvgIpc) is 3.30. The van der Waals surface area contributed by atoms with Crippen LogP contribution in [0.3, 0.4) is 0 Å². The van der Waals surface area contributed by atoms with Gasteiger partial charge in [-0.25, -0.2) is 4.79 Å². The van der Waals surface area contributed by atoms with E-state index in [1.165, 1.54) is 12.8 Å². The van der Waals surface area contributed by atoms with Crippen molar-refractivity contribution in [3.05, 3.63) is 28.5 Å². The average molecular weight is 333 g/mol. The van der Waals surface area contributed by atoms with Crippen LogP contribution < -0.4 is 5.32 Å². The molecule has 122 valence electrons. The van der Waals surface area contributed by atoms with Gasteiger partial charge in [0.2, 0.25) is 0 Å². The van der Waals surface area contributed by atoms with Crippen molar-refractivity contribution in [2.75, 3.05) is 0 Å².